The van der Waals surface area contributed by atoms with E-state index in [1.54, 1.807) is 10.6 Å². The van der Waals surface area contributed by atoms with E-state index in [-0.39, 0.29) is 11.1 Å². The van der Waals surface area contributed by atoms with Gasteiger partial charge in [0.15, 0.2) is 5.16 Å². The Kier molecular flexibility index (Phi) is 4.72. The first-order valence-corrected chi connectivity index (χ1v) is 11.2. The van der Waals surface area contributed by atoms with E-state index in [1.165, 1.54) is 23.1 Å². The van der Waals surface area contributed by atoms with Crippen LogP contribution in [-0.2, 0) is 5.75 Å². The van der Waals surface area contributed by atoms with Crippen LogP contribution in [0.25, 0.3) is 26.8 Å². The van der Waals surface area contributed by atoms with Crippen molar-refractivity contribution in [2.24, 2.45) is 0 Å². The largest absolute Gasteiger partial charge is 0.309 e. The molecule has 8 heteroatoms. The minimum absolute atomic E-state index is 0.118. The number of hydrogen-bond donors (Lipinski definition) is 1. The molecule has 0 bridgehead atoms. The molecule has 3 heterocycles. The van der Waals surface area contributed by atoms with Gasteiger partial charge in [0.05, 0.1) is 27.9 Å². The number of aromatic nitrogens is 4. The molecular weight excluding hydrogens is 416 g/mol. The molecule has 0 aliphatic heterocycles. The lowest BCUT2D eigenvalue weighted by atomic mass is 10.2. The van der Waals surface area contributed by atoms with Crippen molar-refractivity contribution in [2.45, 2.75) is 17.8 Å². The summed E-state index contributed by atoms with van der Waals surface area (Å²) in [5, 5.41) is 2.97. The maximum atomic E-state index is 13.3. The van der Waals surface area contributed by atoms with E-state index in [4.69, 9.17) is 4.98 Å². The molecule has 0 atom stereocenters. The zero-order chi connectivity index (χ0) is 20.7. The van der Waals surface area contributed by atoms with Gasteiger partial charge in [-0.1, -0.05) is 42.1 Å². The zero-order valence-corrected chi connectivity index (χ0v) is 17.6. The molecule has 1 N–H and O–H groups in total. The number of fused-ring (bicyclic) bond motifs is 2. The van der Waals surface area contributed by atoms with E-state index in [2.05, 4.69) is 9.97 Å². The first-order valence-electron chi connectivity index (χ1n) is 9.29. The quantitative estimate of drug-likeness (QED) is 0.339. The molecule has 0 unspecified atom stereocenters. The Morgan fingerprint density at radius 1 is 1.00 bits per heavy atom. The molecule has 2 aromatic carbocycles. The minimum Gasteiger partial charge on any atom is -0.309 e. The monoisotopic (exact) mass is 432 g/mol. The molecule has 6 nitrogen and oxygen atoms in total. The van der Waals surface area contributed by atoms with Gasteiger partial charge in [0, 0.05) is 0 Å². The fraction of sp³-hybridized carbons (Fsp3) is 0.0909. The molecule has 0 spiro atoms. The molecule has 3 aromatic heterocycles. The molecule has 5 aromatic rings. The number of benzene rings is 2. The SMILES string of the molecule is Cc1ccccc1-n1c(SCc2nc3ccsc3c(=O)[nH]2)nc2ccccc2c1=O. The molecule has 30 heavy (non-hydrogen) atoms. The maximum absolute atomic E-state index is 13.3. The van der Waals surface area contributed by atoms with Crippen LogP contribution < -0.4 is 11.1 Å². The lowest BCUT2D eigenvalue weighted by molar-refractivity contribution is 0.813. The third-order valence-electron chi connectivity index (χ3n) is 4.80. The maximum Gasteiger partial charge on any atom is 0.268 e. The van der Waals surface area contributed by atoms with Crippen molar-refractivity contribution >= 4 is 44.2 Å². The van der Waals surface area contributed by atoms with Gasteiger partial charge in [-0.15, -0.1) is 11.3 Å². The highest BCUT2D eigenvalue weighted by Gasteiger charge is 2.15. The molecule has 0 saturated carbocycles. The van der Waals surface area contributed by atoms with Gasteiger partial charge in [-0.05, 0) is 42.1 Å². The third kappa shape index (κ3) is 3.24. The van der Waals surface area contributed by atoms with Gasteiger partial charge in [0.25, 0.3) is 11.1 Å². The molecule has 148 valence electrons. The van der Waals surface area contributed by atoms with Crippen LogP contribution in [0.1, 0.15) is 11.4 Å². The van der Waals surface area contributed by atoms with E-state index in [1.807, 2.05) is 60.8 Å². The summed E-state index contributed by atoms with van der Waals surface area (Å²) in [7, 11) is 0. The van der Waals surface area contributed by atoms with Gasteiger partial charge in [-0.3, -0.25) is 14.2 Å². The number of H-pyrrole nitrogens is 1. The number of aromatic amines is 1. The summed E-state index contributed by atoms with van der Waals surface area (Å²) in [6.45, 7) is 1.97. The Hall–Kier alpha value is -3.23. The van der Waals surface area contributed by atoms with Crippen LogP contribution in [0.3, 0.4) is 0 Å². The second-order valence-corrected chi connectivity index (χ2v) is 8.63. The average Bonchev–Trinajstić information content (AvgIpc) is 3.23. The van der Waals surface area contributed by atoms with Crippen molar-refractivity contribution in [3.05, 3.63) is 92.1 Å². The zero-order valence-electron chi connectivity index (χ0n) is 16.0. The van der Waals surface area contributed by atoms with Crippen molar-refractivity contribution in [2.75, 3.05) is 0 Å². The van der Waals surface area contributed by atoms with Crippen molar-refractivity contribution in [1.29, 1.82) is 0 Å². The predicted molar refractivity (Wildman–Crippen MR) is 122 cm³/mol. The Bertz CT molecular complexity index is 1520. The van der Waals surface area contributed by atoms with Gasteiger partial charge < -0.3 is 4.98 Å². The predicted octanol–water partition coefficient (Wildman–Crippen LogP) is 4.28. The van der Waals surface area contributed by atoms with Crippen LogP contribution >= 0.6 is 23.1 Å². The van der Waals surface area contributed by atoms with Crippen LogP contribution in [0.5, 0.6) is 0 Å². The summed E-state index contributed by atoms with van der Waals surface area (Å²) < 4.78 is 2.26. The molecule has 0 fully saturated rings. The summed E-state index contributed by atoms with van der Waals surface area (Å²) >= 11 is 2.75. The van der Waals surface area contributed by atoms with Crippen molar-refractivity contribution < 1.29 is 0 Å². The van der Waals surface area contributed by atoms with Gasteiger partial charge >= 0.3 is 0 Å². The normalized spacial score (nSPS) is 11.4. The van der Waals surface area contributed by atoms with Gasteiger partial charge in [-0.2, -0.15) is 0 Å². The van der Waals surface area contributed by atoms with E-state index in [0.29, 0.717) is 37.9 Å². The summed E-state index contributed by atoms with van der Waals surface area (Å²) in [4.78, 5) is 37.7. The van der Waals surface area contributed by atoms with E-state index in [0.717, 1.165) is 11.3 Å². The number of rotatable bonds is 4. The van der Waals surface area contributed by atoms with E-state index in [9.17, 15) is 9.59 Å². The second-order valence-electron chi connectivity index (χ2n) is 6.77. The number of aryl methyl sites for hydroxylation is 1. The van der Waals surface area contributed by atoms with Crippen LogP contribution in [-0.4, -0.2) is 19.5 Å². The molecule has 0 saturated heterocycles. The lowest BCUT2D eigenvalue weighted by Crippen LogP contribution is -2.22. The van der Waals surface area contributed by atoms with Crippen LogP contribution in [0.2, 0.25) is 0 Å². The fourth-order valence-electron chi connectivity index (χ4n) is 3.36. The highest BCUT2D eigenvalue weighted by atomic mass is 32.2. The van der Waals surface area contributed by atoms with E-state index >= 15 is 0 Å². The summed E-state index contributed by atoms with van der Waals surface area (Å²) in [5.41, 5.74) is 2.83. The fourth-order valence-corrected chi connectivity index (χ4v) is 4.96. The summed E-state index contributed by atoms with van der Waals surface area (Å²) in [6.07, 6.45) is 0. The number of hydrogen-bond acceptors (Lipinski definition) is 6. The van der Waals surface area contributed by atoms with Crippen molar-refractivity contribution in [3.8, 4) is 5.69 Å². The number of nitrogens with one attached hydrogen (secondary N) is 1. The average molecular weight is 433 g/mol. The summed E-state index contributed by atoms with van der Waals surface area (Å²) in [5.74, 6) is 0.937. The minimum atomic E-state index is -0.145. The van der Waals surface area contributed by atoms with E-state index < -0.39 is 0 Å². The topological polar surface area (TPSA) is 80.6 Å². The van der Waals surface area contributed by atoms with Gasteiger partial charge in [0.2, 0.25) is 0 Å². The Balaban J connectivity index is 1.64. The third-order valence-corrected chi connectivity index (χ3v) is 6.66. The molecule has 0 aliphatic carbocycles. The van der Waals surface area contributed by atoms with Crippen LogP contribution in [0.15, 0.2) is 74.7 Å². The number of thioether (sulfide) groups is 1. The highest BCUT2D eigenvalue weighted by Crippen LogP contribution is 2.25. The van der Waals surface area contributed by atoms with Crippen molar-refractivity contribution in [1.82, 2.24) is 19.5 Å². The lowest BCUT2D eigenvalue weighted by Gasteiger charge is -2.15. The molecular formula is C22H16N4O2S2. The van der Waals surface area contributed by atoms with Crippen LogP contribution in [0.4, 0.5) is 0 Å². The number of thiophene rings is 1. The first kappa shape index (κ1) is 18.8. The smallest absolute Gasteiger partial charge is 0.268 e. The first-order chi connectivity index (χ1) is 14.6. The second kappa shape index (κ2) is 7.55. The molecule has 0 aliphatic rings. The number of para-hydroxylation sites is 2. The Morgan fingerprint density at radius 2 is 1.80 bits per heavy atom. The highest BCUT2D eigenvalue weighted by molar-refractivity contribution is 7.98. The molecule has 0 amide bonds. The molecule has 0 radical (unpaired) electrons. The van der Waals surface area contributed by atoms with Gasteiger partial charge in [0.1, 0.15) is 10.5 Å². The Labute approximate surface area is 179 Å². The number of nitrogens with zero attached hydrogens (tertiary/aromatic N) is 3. The molecule has 5 rings (SSSR count). The summed E-state index contributed by atoms with van der Waals surface area (Å²) in [6, 6.07) is 16.9. The van der Waals surface area contributed by atoms with Gasteiger partial charge in [-0.25, -0.2) is 9.97 Å². The standard InChI is InChI=1S/C22H16N4O2S2/c1-13-6-2-5-9-17(13)26-21(28)14-7-3-4-8-15(14)24-22(26)30-12-18-23-16-10-11-29-19(16)20(27)25-18/h2-11H,12H2,1H3,(H,23,25,27). The Morgan fingerprint density at radius 3 is 2.67 bits per heavy atom. The van der Waals surface area contributed by atoms with Crippen LogP contribution in [0, 0.1) is 6.92 Å². The van der Waals surface area contributed by atoms with Crippen molar-refractivity contribution in [3.63, 3.8) is 0 Å².